The number of amides is 1. The van der Waals surface area contributed by atoms with Gasteiger partial charge in [-0.1, -0.05) is 31.5 Å². The number of ether oxygens (including phenoxy) is 1. The number of furan rings is 1. The Hall–Kier alpha value is -2.39. The van der Waals surface area contributed by atoms with E-state index in [4.69, 9.17) is 9.15 Å². The number of carbonyl (C=O) groups is 2. The van der Waals surface area contributed by atoms with E-state index in [9.17, 15) is 18.0 Å². The second-order valence-electron chi connectivity index (χ2n) is 6.60. The van der Waals surface area contributed by atoms with E-state index >= 15 is 0 Å². The standard InChI is InChI=1S/C19H26N2O6S/c1-4-5-10-28(24,25)21-14(3)19(23)26-12-18(22)20-13(2)17-11-15-8-6-7-9-16(15)27-17/h6-9,11,13-14,21H,4-5,10,12H2,1-3H3,(H,20,22)/t13-,14+/m1/s1. The second kappa shape index (κ2) is 9.70. The van der Waals surface area contributed by atoms with Crippen molar-refractivity contribution in [3.63, 3.8) is 0 Å². The Morgan fingerprint density at radius 2 is 1.93 bits per heavy atom. The van der Waals surface area contributed by atoms with Crippen LogP contribution in [-0.4, -0.2) is 38.7 Å². The highest BCUT2D eigenvalue weighted by atomic mass is 32.2. The normalized spacial score (nSPS) is 13.8. The lowest BCUT2D eigenvalue weighted by atomic mass is 10.2. The van der Waals surface area contributed by atoms with Crippen molar-refractivity contribution in [2.45, 2.75) is 45.7 Å². The summed E-state index contributed by atoms with van der Waals surface area (Å²) in [5.41, 5.74) is 0.717. The van der Waals surface area contributed by atoms with E-state index in [2.05, 4.69) is 10.0 Å². The molecule has 0 aliphatic carbocycles. The van der Waals surface area contributed by atoms with Crippen LogP contribution in [0.15, 0.2) is 34.7 Å². The van der Waals surface area contributed by atoms with Crippen LogP contribution in [0, 0.1) is 0 Å². The maximum Gasteiger partial charge on any atom is 0.324 e. The molecule has 0 aliphatic heterocycles. The quantitative estimate of drug-likeness (QED) is 0.581. The van der Waals surface area contributed by atoms with Crippen molar-refractivity contribution in [1.82, 2.24) is 10.0 Å². The number of rotatable bonds is 10. The van der Waals surface area contributed by atoms with E-state index in [0.29, 0.717) is 17.8 Å². The van der Waals surface area contributed by atoms with E-state index in [0.717, 1.165) is 11.8 Å². The third-order valence-electron chi connectivity index (χ3n) is 4.07. The molecule has 9 heteroatoms. The van der Waals surface area contributed by atoms with Crippen LogP contribution in [0.5, 0.6) is 0 Å². The van der Waals surface area contributed by atoms with Crippen molar-refractivity contribution in [2.24, 2.45) is 0 Å². The van der Waals surface area contributed by atoms with Crippen LogP contribution in [0.25, 0.3) is 11.0 Å². The van der Waals surface area contributed by atoms with Gasteiger partial charge in [-0.25, -0.2) is 13.1 Å². The van der Waals surface area contributed by atoms with Crippen LogP contribution in [0.2, 0.25) is 0 Å². The molecule has 0 saturated carbocycles. The number of benzene rings is 1. The predicted octanol–water partition coefficient (Wildman–Crippen LogP) is 2.26. The van der Waals surface area contributed by atoms with Crippen molar-refractivity contribution < 1.29 is 27.2 Å². The van der Waals surface area contributed by atoms with Gasteiger partial charge in [0.15, 0.2) is 6.61 Å². The molecule has 0 unspecified atom stereocenters. The Morgan fingerprint density at radius 3 is 2.61 bits per heavy atom. The van der Waals surface area contributed by atoms with Crippen molar-refractivity contribution in [3.8, 4) is 0 Å². The molecule has 0 saturated heterocycles. The van der Waals surface area contributed by atoms with Crippen LogP contribution in [0.3, 0.4) is 0 Å². The SMILES string of the molecule is CCCCS(=O)(=O)N[C@@H](C)C(=O)OCC(=O)N[C@H](C)c1cc2ccccc2o1. The van der Waals surface area contributed by atoms with Crippen LogP contribution in [-0.2, 0) is 24.3 Å². The zero-order chi connectivity index (χ0) is 20.7. The fraction of sp³-hybridized carbons (Fsp3) is 0.474. The predicted molar refractivity (Wildman–Crippen MR) is 105 cm³/mol. The summed E-state index contributed by atoms with van der Waals surface area (Å²) in [6, 6.07) is 7.84. The number of fused-ring (bicyclic) bond motifs is 1. The molecule has 2 atom stereocenters. The summed E-state index contributed by atoms with van der Waals surface area (Å²) >= 11 is 0. The van der Waals surface area contributed by atoms with Gasteiger partial charge in [-0.3, -0.25) is 9.59 Å². The van der Waals surface area contributed by atoms with Crippen LogP contribution < -0.4 is 10.0 Å². The Labute approximate surface area is 164 Å². The first kappa shape index (κ1) is 21.9. The minimum Gasteiger partial charge on any atom is -0.459 e. The van der Waals surface area contributed by atoms with Gasteiger partial charge in [0.25, 0.3) is 5.91 Å². The van der Waals surface area contributed by atoms with E-state index in [1.165, 1.54) is 6.92 Å². The fourth-order valence-corrected chi connectivity index (χ4v) is 3.96. The molecule has 28 heavy (non-hydrogen) atoms. The summed E-state index contributed by atoms with van der Waals surface area (Å²) in [6.07, 6.45) is 1.22. The number of hydrogen-bond donors (Lipinski definition) is 2. The zero-order valence-corrected chi connectivity index (χ0v) is 17.0. The summed E-state index contributed by atoms with van der Waals surface area (Å²) in [5.74, 6) is -0.803. The van der Waals surface area contributed by atoms with Gasteiger partial charge in [0, 0.05) is 5.39 Å². The van der Waals surface area contributed by atoms with Gasteiger partial charge >= 0.3 is 5.97 Å². The van der Waals surface area contributed by atoms with E-state index in [1.807, 2.05) is 37.3 Å². The smallest absolute Gasteiger partial charge is 0.324 e. The van der Waals surface area contributed by atoms with Gasteiger partial charge in [0.05, 0.1) is 11.8 Å². The minimum absolute atomic E-state index is 0.0589. The third kappa shape index (κ3) is 6.35. The number of unbranched alkanes of at least 4 members (excludes halogenated alkanes) is 1. The molecule has 1 amide bonds. The van der Waals surface area contributed by atoms with Gasteiger partial charge in [0.1, 0.15) is 17.4 Å². The maximum absolute atomic E-state index is 12.0. The molecule has 0 spiro atoms. The lowest BCUT2D eigenvalue weighted by Gasteiger charge is -2.15. The Morgan fingerprint density at radius 1 is 1.21 bits per heavy atom. The van der Waals surface area contributed by atoms with Gasteiger partial charge in [-0.15, -0.1) is 0 Å². The molecule has 0 bridgehead atoms. The third-order valence-corrected chi connectivity index (χ3v) is 5.61. The molecular formula is C19H26N2O6S. The van der Waals surface area contributed by atoms with Gasteiger partial charge in [-0.2, -0.15) is 0 Å². The number of sulfonamides is 1. The molecule has 8 nitrogen and oxygen atoms in total. The molecule has 0 radical (unpaired) electrons. The van der Waals surface area contributed by atoms with Gasteiger partial charge in [0.2, 0.25) is 10.0 Å². The van der Waals surface area contributed by atoms with Crippen molar-refractivity contribution in [1.29, 1.82) is 0 Å². The number of para-hydroxylation sites is 1. The first-order chi connectivity index (χ1) is 13.2. The largest absolute Gasteiger partial charge is 0.459 e. The first-order valence-corrected chi connectivity index (χ1v) is 10.8. The molecule has 1 heterocycles. The van der Waals surface area contributed by atoms with E-state index in [1.54, 1.807) is 6.92 Å². The number of carbonyl (C=O) groups excluding carboxylic acids is 2. The first-order valence-electron chi connectivity index (χ1n) is 9.16. The molecule has 2 rings (SSSR count). The van der Waals surface area contributed by atoms with Crippen LogP contribution >= 0.6 is 0 Å². The summed E-state index contributed by atoms with van der Waals surface area (Å²) in [4.78, 5) is 24.0. The van der Waals surface area contributed by atoms with E-state index in [-0.39, 0.29) is 5.75 Å². The second-order valence-corrected chi connectivity index (χ2v) is 8.47. The van der Waals surface area contributed by atoms with Crippen LogP contribution in [0.4, 0.5) is 0 Å². The average Bonchev–Trinajstić information content (AvgIpc) is 3.08. The topological polar surface area (TPSA) is 115 Å². The molecule has 2 aromatic rings. The van der Waals surface area contributed by atoms with E-state index < -0.39 is 40.6 Å². The summed E-state index contributed by atoms with van der Waals surface area (Å²) in [5, 5.41) is 3.60. The van der Waals surface area contributed by atoms with Crippen LogP contribution in [0.1, 0.15) is 45.4 Å². The highest BCUT2D eigenvalue weighted by Crippen LogP contribution is 2.23. The van der Waals surface area contributed by atoms with Crippen molar-refractivity contribution in [2.75, 3.05) is 12.4 Å². The Kier molecular flexibility index (Phi) is 7.59. The lowest BCUT2D eigenvalue weighted by molar-refractivity contribution is -0.150. The number of hydrogen-bond acceptors (Lipinski definition) is 6. The Bertz CT molecular complexity index is 888. The zero-order valence-electron chi connectivity index (χ0n) is 16.2. The Balaban J connectivity index is 1.81. The number of nitrogens with one attached hydrogen (secondary N) is 2. The van der Waals surface area contributed by atoms with Gasteiger partial charge < -0.3 is 14.5 Å². The molecule has 0 aliphatic rings. The van der Waals surface area contributed by atoms with Crippen molar-refractivity contribution >= 4 is 32.9 Å². The summed E-state index contributed by atoms with van der Waals surface area (Å²) < 4.78 is 36.5. The number of esters is 1. The molecule has 0 fully saturated rings. The highest BCUT2D eigenvalue weighted by molar-refractivity contribution is 7.89. The molecule has 1 aromatic heterocycles. The fourth-order valence-electron chi connectivity index (χ4n) is 2.54. The molecule has 154 valence electrons. The molecule has 2 N–H and O–H groups in total. The maximum atomic E-state index is 12.0. The molecular weight excluding hydrogens is 384 g/mol. The minimum atomic E-state index is -3.56. The lowest BCUT2D eigenvalue weighted by Crippen LogP contribution is -2.42. The summed E-state index contributed by atoms with van der Waals surface area (Å²) in [6.45, 7) is 4.49. The highest BCUT2D eigenvalue weighted by Gasteiger charge is 2.22. The van der Waals surface area contributed by atoms with Gasteiger partial charge in [-0.05, 0) is 32.4 Å². The summed E-state index contributed by atoms with van der Waals surface area (Å²) in [7, 11) is -3.56. The monoisotopic (exact) mass is 410 g/mol. The molecule has 1 aromatic carbocycles. The average molecular weight is 410 g/mol. The van der Waals surface area contributed by atoms with Crippen molar-refractivity contribution in [3.05, 3.63) is 36.1 Å².